The average molecular weight is 336 g/mol. The molecular formula is C18H20N6O. The minimum absolute atomic E-state index is 0.0476. The van der Waals surface area contributed by atoms with Crippen LogP contribution in [0, 0.1) is 0 Å². The minimum Gasteiger partial charge on any atom is -0.309 e. The van der Waals surface area contributed by atoms with Gasteiger partial charge in [-0.15, -0.1) is 0 Å². The van der Waals surface area contributed by atoms with Gasteiger partial charge in [-0.25, -0.2) is 0 Å². The van der Waals surface area contributed by atoms with Crippen LogP contribution in [0.25, 0.3) is 11.3 Å². The summed E-state index contributed by atoms with van der Waals surface area (Å²) in [5.41, 5.74) is 4.62. The van der Waals surface area contributed by atoms with Gasteiger partial charge in [0.2, 0.25) is 5.91 Å². The minimum atomic E-state index is -0.124. The third-order valence-electron chi connectivity index (χ3n) is 4.49. The standard InChI is InChI=1S/C18H20N6O/c1-18(2,3)13-8-12(21-22-13)11-7-14(25)20-17-15(11)16(23-24-17)10-5-4-6-19-9-10/h4-6,8-9,11H,7H2,1-3H3,(H,21,22)(H2,20,23,24,25). The SMILES string of the molecule is CC(C)(C)c1cc(C2CC(=O)Nc3n[nH]c(-c4cccnc4)c32)[nH]n1. The Kier molecular flexibility index (Phi) is 3.45. The highest BCUT2D eigenvalue weighted by Gasteiger charge is 2.33. The molecule has 4 rings (SSSR count). The molecule has 128 valence electrons. The highest BCUT2D eigenvalue weighted by molar-refractivity contribution is 5.95. The van der Waals surface area contributed by atoms with Crippen LogP contribution in [0.5, 0.6) is 0 Å². The van der Waals surface area contributed by atoms with Crippen molar-refractivity contribution in [3.63, 3.8) is 0 Å². The Bertz CT molecular complexity index is 919. The maximum atomic E-state index is 12.1. The Balaban J connectivity index is 1.82. The number of nitrogens with zero attached hydrogens (tertiary/aromatic N) is 3. The first kappa shape index (κ1) is 15.6. The zero-order valence-electron chi connectivity index (χ0n) is 14.4. The molecule has 4 heterocycles. The number of H-pyrrole nitrogens is 2. The molecule has 1 atom stereocenters. The van der Waals surface area contributed by atoms with Crippen molar-refractivity contribution in [2.75, 3.05) is 5.32 Å². The molecule has 25 heavy (non-hydrogen) atoms. The Labute approximate surface area is 145 Å². The van der Waals surface area contributed by atoms with E-state index in [0.717, 1.165) is 28.2 Å². The van der Waals surface area contributed by atoms with Gasteiger partial charge in [0.25, 0.3) is 0 Å². The molecule has 0 saturated carbocycles. The van der Waals surface area contributed by atoms with E-state index in [9.17, 15) is 4.79 Å². The van der Waals surface area contributed by atoms with E-state index in [1.54, 1.807) is 12.4 Å². The maximum absolute atomic E-state index is 12.1. The van der Waals surface area contributed by atoms with E-state index >= 15 is 0 Å². The molecule has 0 bridgehead atoms. The molecule has 3 N–H and O–H groups in total. The van der Waals surface area contributed by atoms with Crippen LogP contribution in [-0.2, 0) is 10.2 Å². The van der Waals surface area contributed by atoms with E-state index in [2.05, 4.69) is 51.5 Å². The van der Waals surface area contributed by atoms with Gasteiger partial charge >= 0.3 is 0 Å². The van der Waals surface area contributed by atoms with Crippen molar-refractivity contribution >= 4 is 11.7 Å². The topological polar surface area (TPSA) is 99.4 Å². The third-order valence-corrected chi connectivity index (χ3v) is 4.49. The van der Waals surface area contributed by atoms with Crippen LogP contribution in [0.3, 0.4) is 0 Å². The monoisotopic (exact) mass is 336 g/mol. The molecule has 1 aliphatic heterocycles. The number of amides is 1. The van der Waals surface area contributed by atoms with Gasteiger partial charge < -0.3 is 5.32 Å². The molecule has 7 nitrogen and oxygen atoms in total. The van der Waals surface area contributed by atoms with E-state index in [1.807, 2.05) is 18.2 Å². The fraction of sp³-hybridized carbons (Fsp3) is 0.333. The smallest absolute Gasteiger partial charge is 0.226 e. The molecule has 0 saturated heterocycles. The summed E-state index contributed by atoms with van der Waals surface area (Å²) in [6.45, 7) is 6.35. The summed E-state index contributed by atoms with van der Waals surface area (Å²) in [6, 6.07) is 5.90. The summed E-state index contributed by atoms with van der Waals surface area (Å²) in [5.74, 6) is 0.405. The number of rotatable bonds is 2. The quantitative estimate of drug-likeness (QED) is 0.670. The number of hydrogen-bond donors (Lipinski definition) is 3. The number of anilines is 1. The first-order chi connectivity index (χ1) is 11.9. The Morgan fingerprint density at radius 3 is 2.72 bits per heavy atom. The van der Waals surface area contributed by atoms with Crippen LogP contribution < -0.4 is 5.32 Å². The first-order valence-corrected chi connectivity index (χ1v) is 8.28. The summed E-state index contributed by atoms with van der Waals surface area (Å²) >= 11 is 0. The number of pyridine rings is 1. The lowest BCUT2D eigenvalue weighted by atomic mass is 9.86. The number of nitrogens with one attached hydrogen (secondary N) is 3. The lowest BCUT2D eigenvalue weighted by Crippen LogP contribution is -2.23. The van der Waals surface area contributed by atoms with Crippen LogP contribution in [0.4, 0.5) is 5.82 Å². The van der Waals surface area contributed by atoms with E-state index in [4.69, 9.17) is 0 Å². The molecule has 0 aliphatic carbocycles. The van der Waals surface area contributed by atoms with Gasteiger partial charge in [-0.3, -0.25) is 20.0 Å². The van der Waals surface area contributed by atoms with Crippen molar-refractivity contribution in [3.8, 4) is 11.3 Å². The summed E-state index contributed by atoms with van der Waals surface area (Å²) in [5, 5.41) is 17.8. The highest BCUT2D eigenvalue weighted by atomic mass is 16.1. The summed E-state index contributed by atoms with van der Waals surface area (Å²) in [4.78, 5) is 16.3. The van der Waals surface area contributed by atoms with Crippen LogP contribution in [0.2, 0.25) is 0 Å². The fourth-order valence-corrected chi connectivity index (χ4v) is 3.15. The Morgan fingerprint density at radius 1 is 1.20 bits per heavy atom. The number of aromatic nitrogens is 5. The maximum Gasteiger partial charge on any atom is 0.226 e. The van der Waals surface area contributed by atoms with Crippen LogP contribution in [0.15, 0.2) is 30.6 Å². The second-order valence-corrected chi connectivity index (χ2v) is 7.37. The first-order valence-electron chi connectivity index (χ1n) is 8.28. The van der Waals surface area contributed by atoms with E-state index in [1.165, 1.54) is 0 Å². The molecule has 1 unspecified atom stereocenters. The lowest BCUT2D eigenvalue weighted by Gasteiger charge is -2.22. The summed E-state index contributed by atoms with van der Waals surface area (Å²) in [7, 11) is 0. The van der Waals surface area contributed by atoms with Gasteiger partial charge in [-0.1, -0.05) is 20.8 Å². The van der Waals surface area contributed by atoms with Crippen LogP contribution in [-0.4, -0.2) is 31.3 Å². The van der Waals surface area contributed by atoms with E-state index in [-0.39, 0.29) is 17.2 Å². The van der Waals surface area contributed by atoms with Gasteiger partial charge in [0.15, 0.2) is 5.82 Å². The van der Waals surface area contributed by atoms with E-state index < -0.39 is 0 Å². The Hall–Kier alpha value is -2.96. The molecular weight excluding hydrogens is 316 g/mol. The number of carbonyl (C=O) groups is 1. The van der Waals surface area contributed by atoms with Gasteiger partial charge in [-0.2, -0.15) is 10.2 Å². The van der Waals surface area contributed by atoms with Gasteiger partial charge in [0.05, 0.1) is 11.4 Å². The largest absolute Gasteiger partial charge is 0.309 e. The molecule has 7 heteroatoms. The lowest BCUT2D eigenvalue weighted by molar-refractivity contribution is -0.116. The molecule has 0 aromatic carbocycles. The zero-order valence-corrected chi connectivity index (χ0v) is 14.4. The van der Waals surface area contributed by atoms with Crippen molar-refractivity contribution in [2.24, 2.45) is 0 Å². The second-order valence-electron chi connectivity index (χ2n) is 7.37. The molecule has 0 radical (unpaired) electrons. The Morgan fingerprint density at radius 2 is 2.04 bits per heavy atom. The second kappa shape index (κ2) is 5.54. The number of fused-ring (bicyclic) bond motifs is 1. The van der Waals surface area contributed by atoms with Crippen molar-refractivity contribution in [3.05, 3.63) is 47.5 Å². The number of hydrogen-bond acceptors (Lipinski definition) is 4. The average Bonchev–Trinajstić information content (AvgIpc) is 3.21. The van der Waals surface area contributed by atoms with E-state index in [0.29, 0.717) is 12.2 Å². The molecule has 3 aromatic heterocycles. The van der Waals surface area contributed by atoms with Crippen molar-refractivity contribution in [2.45, 2.75) is 38.5 Å². The summed E-state index contributed by atoms with van der Waals surface area (Å²) in [6.07, 6.45) is 3.87. The van der Waals surface area contributed by atoms with Crippen LogP contribution >= 0.6 is 0 Å². The van der Waals surface area contributed by atoms with Gasteiger partial charge in [0.1, 0.15) is 0 Å². The number of carbonyl (C=O) groups excluding carboxylic acids is 1. The van der Waals surface area contributed by atoms with Crippen molar-refractivity contribution in [1.29, 1.82) is 0 Å². The molecule has 3 aromatic rings. The van der Waals surface area contributed by atoms with Crippen LogP contribution in [0.1, 0.15) is 50.1 Å². The number of aromatic amines is 2. The van der Waals surface area contributed by atoms with Gasteiger partial charge in [0, 0.05) is 47.0 Å². The molecule has 1 aliphatic rings. The predicted molar refractivity (Wildman–Crippen MR) is 94.2 cm³/mol. The molecule has 0 fully saturated rings. The normalized spacial score (nSPS) is 17.2. The zero-order chi connectivity index (χ0) is 17.6. The summed E-state index contributed by atoms with van der Waals surface area (Å²) < 4.78 is 0. The van der Waals surface area contributed by atoms with Crippen molar-refractivity contribution < 1.29 is 4.79 Å². The predicted octanol–water partition coefficient (Wildman–Crippen LogP) is 2.97. The van der Waals surface area contributed by atoms with Gasteiger partial charge in [-0.05, 0) is 18.2 Å². The van der Waals surface area contributed by atoms with Crippen molar-refractivity contribution in [1.82, 2.24) is 25.4 Å². The fourth-order valence-electron chi connectivity index (χ4n) is 3.15. The highest BCUT2D eigenvalue weighted by Crippen LogP contribution is 2.41. The third kappa shape index (κ3) is 2.71. The molecule has 1 amide bonds. The molecule has 0 spiro atoms.